The Kier molecular flexibility index (Phi) is 7.01. The van der Waals surface area contributed by atoms with Crippen LogP contribution in [0.1, 0.15) is 69.2 Å². The predicted molar refractivity (Wildman–Crippen MR) is 99.9 cm³/mol. The number of fused-ring (bicyclic) bond motifs is 1. The van der Waals surface area contributed by atoms with Gasteiger partial charge in [0.05, 0.1) is 0 Å². The molecule has 2 heterocycles. The van der Waals surface area contributed by atoms with E-state index in [-0.39, 0.29) is 24.1 Å². The zero-order valence-electron chi connectivity index (χ0n) is 17.0. The monoisotopic (exact) mass is 399 g/mol. The average Bonchev–Trinajstić information content (AvgIpc) is 2.98. The van der Waals surface area contributed by atoms with Crippen molar-refractivity contribution in [1.82, 2.24) is 24.9 Å². The summed E-state index contributed by atoms with van der Waals surface area (Å²) >= 11 is 0. The summed E-state index contributed by atoms with van der Waals surface area (Å²) in [5.74, 6) is -0.738. The number of hydrogen-bond donors (Lipinski definition) is 1. The number of hydrogen-bond acceptors (Lipinski definition) is 4. The second-order valence-corrected chi connectivity index (χ2v) is 7.70. The van der Waals surface area contributed by atoms with Gasteiger partial charge in [-0.25, -0.2) is 9.50 Å². The number of nitrogens with one attached hydrogen (secondary N) is 1. The van der Waals surface area contributed by atoms with Crippen molar-refractivity contribution in [3.8, 4) is 0 Å². The van der Waals surface area contributed by atoms with Gasteiger partial charge in [0.15, 0.2) is 0 Å². The molecule has 156 valence electrons. The molecule has 0 aliphatic heterocycles. The molecule has 2 aromatic rings. The highest BCUT2D eigenvalue weighted by Crippen LogP contribution is 2.27. The van der Waals surface area contributed by atoms with Crippen LogP contribution in [0.2, 0.25) is 0 Å². The van der Waals surface area contributed by atoms with E-state index in [0.29, 0.717) is 29.3 Å². The van der Waals surface area contributed by atoms with E-state index in [9.17, 15) is 18.0 Å². The lowest BCUT2D eigenvalue weighted by Gasteiger charge is -2.15. The minimum Gasteiger partial charge on any atom is -0.354 e. The smallest absolute Gasteiger partial charge is 0.354 e. The van der Waals surface area contributed by atoms with Gasteiger partial charge in [0.2, 0.25) is 5.91 Å². The molecule has 0 aliphatic carbocycles. The first-order valence-electron chi connectivity index (χ1n) is 9.58. The van der Waals surface area contributed by atoms with Crippen molar-refractivity contribution in [3.05, 3.63) is 22.8 Å². The number of alkyl halides is 3. The number of nitrogens with zero attached hydrogens (tertiary/aromatic N) is 4. The van der Waals surface area contributed by atoms with Crippen molar-refractivity contribution >= 4 is 11.7 Å². The maximum absolute atomic E-state index is 12.8. The Hall–Kier alpha value is -2.19. The Balaban J connectivity index is 2.02. The molecule has 0 fully saturated rings. The molecule has 6 nitrogen and oxygen atoms in total. The normalized spacial score (nSPS) is 13.3. The van der Waals surface area contributed by atoms with Crippen LogP contribution in [0, 0.1) is 19.8 Å². The summed E-state index contributed by atoms with van der Waals surface area (Å²) in [6.45, 7) is 9.70. The molecule has 0 aromatic carbocycles. The third-order valence-electron chi connectivity index (χ3n) is 4.73. The molecular weight excluding hydrogens is 371 g/mol. The summed E-state index contributed by atoms with van der Waals surface area (Å²) in [4.78, 5) is 19.8. The SMILES string of the molecule is Cc1nc2nc(C(F)(F)F)nn2c(C)c1CCC(=O)NC(C)CCCC(C)C. The second-order valence-electron chi connectivity index (χ2n) is 7.70. The van der Waals surface area contributed by atoms with Gasteiger partial charge in [-0.2, -0.15) is 18.2 Å². The minimum atomic E-state index is -4.63. The summed E-state index contributed by atoms with van der Waals surface area (Å²) in [6.07, 6.45) is -0.890. The maximum Gasteiger partial charge on any atom is 0.453 e. The fourth-order valence-corrected chi connectivity index (χ4v) is 3.18. The minimum absolute atomic E-state index is 0.0782. The van der Waals surface area contributed by atoms with Gasteiger partial charge in [-0.3, -0.25) is 4.79 Å². The quantitative estimate of drug-likeness (QED) is 0.728. The van der Waals surface area contributed by atoms with Gasteiger partial charge in [0.1, 0.15) is 0 Å². The van der Waals surface area contributed by atoms with Crippen LogP contribution in [0.3, 0.4) is 0 Å². The molecule has 0 saturated carbocycles. The third-order valence-corrected chi connectivity index (χ3v) is 4.73. The molecule has 2 aromatic heterocycles. The van der Waals surface area contributed by atoms with Crippen LogP contribution in [-0.2, 0) is 17.4 Å². The van der Waals surface area contributed by atoms with E-state index in [2.05, 4.69) is 34.2 Å². The van der Waals surface area contributed by atoms with Crippen LogP contribution in [0.15, 0.2) is 0 Å². The number of carbonyl (C=O) groups excluding carboxylic acids is 1. The average molecular weight is 399 g/mol. The summed E-state index contributed by atoms with van der Waals surface area (Å²) < 4.78 is 39.6. The van der Waals surface area contributed by atoms with Crippen molar-refractivity contribution < 1.29 is 18.0 Å². The summed E-state index contributed by atoms with van der Waals surface area (Å²) in [6, 6.07) is 0.0960. The third kappa shape index (κ3) is 5.65. The highest BCUT2D eigenvalue weighted by atomic mass is 19.4. The maximum atomic E-state index is 12.8. The van der Waals surface area contributed by atoms with Gasteiger partial charge in [0, 0.05) is 23.9 Å². The van der Waals surface area contributed by atoms with Crippen LogP contribution < -0.4 is 5.32 Å². The highest BCUT2D eigenvalue weighted by Gasteiger charge is 2.36. The lowest BCUT2D eigenvalue weighted by atomic mass is 10.0. The van der Waals surface area contributed by atoms with Crippen molar-refractivity contribution in [1.29, 1.82) is 0 Å². The number of halogens is 3. The zero-order valence-corrected chi connectivity index (χ0v) is 17.0. The van der Waals surface area contributed by atoms with E-state index in [1.165, 1.54) is 0 Å². The molecule has 0 radical (unpaired) electrons. The molecule has 0 bridgehead atoms. The molecule has 1 unspecified atom stereocenters. The molecule has 1 atom stereocenters. The van der Waals surface area contributed by atoms with E-state index >= 15 is 0 Å². The Morgan fingerprint density at radius 3 is 2.43 bits per heavy atom. The fourth-order valence-electron chi connectivity index (χ4n) is 3.18. The Bertz CT molecular complexity index is 829. The van der Waals surface area contributed by atoms with Crippen LogP contribution in [0.4, 0.5) is 13.2 Å². The molecule has 9 heteroatoms. The number of aryl methyl sites for hydroxylation is 2. The number of amides is 1. The molecule has 0 aliphatic rings. The van der Waals surface area contributed by atoms with Gasteiger partial charge in [-0.15, -0.1) is 5.10 Å². The Labute approximate surface area is 162 Å². The van der Waals surface area contributed by atoms with Crippen molar-refractivity contribution in [2.24, 2.45) is 5.92 Å². The summed E-state index contributed by atoms with van der Waals surface area (Å²) in [7, 11) is 0. The molecular formula is C19H28F3N5O. The molecule has 1 amide bonds. The van der Waals surface area contributed by atoms with Gasteiger partial charge in [0.25, 0.3) is 11.6 Å². The summed E-state index contributed by atoms with van der Waals surface area (Å²) in [5, 5.41) is 6.51. The highest BCUT2D eigenvalue weighted by molar-refractivity contribution is 5.76. The first kappa shape index (κ1) is 22.1. The lowest BCUT2D eigenvalue weighted by molar-refractivity contribution is -0.144. The topological polar surface area (TPSA) is 72.2 Å². The van der Waals surface area contributed by atoms with Crippen LogP contribution in [0.5, 0.6) is 0 Å². The van der Waals surface area contributed by atoms with E-state index in [1.54, 1.807) is 13.8 Å². The predicted octanol–water partition coefficient (Wildman–Crippen LogP) is 4.02. The van der Waals surface area contributed by atoms with Gasteiger partial charge >= 0.3 is 6.18 Å². The standard InChI is InChI=1S/C19H28F3N5O/c1-11(2)7-6-8-12(3)23-16(28)10-9-15-13(4)24-18-25-17(19(20,21)22)26-27(18)14(15)5/h11-12H,6-10H2,1-5H3,(H,23,28). The van der Waals surface area contributed by atoms with Gasteiger partial charge in [-0.1, -0.05) is 26.7 Å². The fraction of sp³-hybridized carbons (Fsp3) is 0.684. The summed E-state index contributed by atoms with van der Waals surface area (Å²) in [5.41, 5.74) is 1.79. The number of carbonyl (C=O) groups is 1. The van der Waals surface area contributed by atoms with Crippen LogP contribution in [-0.4, -0.2) is 31.5 Å². The Morgan fingerprint density at radius 2 is 1.82 bits per heavy atom. The molecule has 28 heavy (non-hydrogen) atoms. The van der Waals surface area contributed by atoms with Crippen molar-refractivity contribution in [3.63, 3.8) is 0 Å². The first-order chi connectivity index (χ1) is 13.0. The lowest BCUT2D eigenvalue weighted by Crippen LogP contribution is -2.32. The first-order valence-corrected chi connectivity index (χ1v) is 9.58. The van der Waals surface area contributed by atoms with E-state index in [0.717, 1.165) is 23.8 Å². The van der Waals surface area contributed by atoms with Crippen LogP contribution >= 0.6 is 0 Å². The van der Waals surface area contributed by atoms with E-state index in [4.69, 9.17) is 0 Å². The van der Waals surface area contributed by atoms with E-state index in [1.807, 2.05) is 6.92 Å². The molecule has 2 rings (SSSR count). The van der Waals surface area contributed by atoms with E-state index < -0.39 is 12.0 Å². The zero-order chi connectivity index (χ0) is 21.1. The van der Waals surface area contributed by atoms with Gasteiger partial charge < -0.3 is 5.32 Å². The van der Waals surface area contributed by atoms with Crippen molar-refractivity contribution in [2.45, 2.75) is 78.9 Å². The number of aromatic nitrogens is 4. The second kappa shape index (κ2) is 8.87. The molecule has 0 saturated heterocycles. The molecule has 0 spiro atoms. The number of rotatable bonds is 8. The molecule has 1 N–H and O–H groups in total. The van der Waals surface area contributed by atoms with Crippen molar-refractivity contribution in [2.75, 3.05) is 0 Å². The van der Waals surface area contributed by atoms with Crippen LogP contribution in [0.25, 0.3) is 5.78 Å². The Morgan fingerprint density at radius 1 is 1.14 bits per heavy atom. The largest absolute Gasteiger partial charge is 0.453 e. The van der Waals surface area contributed by atoms with Gasteiger partial charge in [-0.05, 0) is 45.1 Å².